The standard InChI is InChI=1S/C22H24BrN3O4S/c1-25(18-8-3-2-4-9-18)21(27)16-7-5-6-15(12-16)14-26-22(28)24-19-11-10-17(23)13-20(19)31(26,29)30/h5-7,10-13,18H,2-4,8-9,14H2,1H3,(H,24,28). The molecule has 0 radical (unpaired) electrons. The van der Waals surface area contributed by atoms with Gasteiger partial charge < -0.3 is 10.2 Å². The predicted octanol–water partition coefficient (Wildman–Crippen LogP) is 4.59. The van der Waals surface area contributed by atoms with Gasteiger partial charge in [0.05, 0.1) is 12.2 Å². The smallest absolute Gasteiger partial charge is 0.336 e. The fourth-order valence-corrected chi connectivity index (χ4v) is 6.19. The van der Waals surface area contributed by atoms with E-state index in [0.29, 0.717) is 15.6 Å². The fraction of sp³-hybridized carbons (Fsp3) is 0.364. The Kier molecular flexibility index (Phi) is 6.07. The molecule has 1 aliphatic heterocycles. The Morgan fingerprint density at radius 2 is 1.90 bits per heavy atom. The summed E-state index contributed by atoms with van der Waals surface area (Å²) < 4.78 is 27.6. The molecule has 0 unspecified atom stereocenters. The average Bonchev–Trinajstić information content (AvgIpc) is 2.77. The molecule has 0 spiro atoms. The van der Waals surface area contributed by atoms with Gasteiger partial charge in [-0.2, -0.15) is 0 Å². The van der Waals surface area contributed by atoms with E-state index >= 15 is 0 Å². The quantitative estimate of drug-likeness (QED) is 0.657. The van der Waals surface area contributed by atoms with E-state index in [-0.39, 0.29) is 29.1 Å². The fourth-order valence-electron chi connectivity index (χ4n) is 4.18. The van der Waals surface area contributed by atoms with Crippen molar-refractivity contribution in [3.8, 4) is 0 Å². The molecule has 1 saturated carbocycles. The van der Waals surface area contributed by atoms with Crippen LogP contribution in [0.15, 0.2) is 51.8 Å². The molecule has 1 aliphatic carbocycles. The lowest BCUT2D eigenvalue weighted by atomic mass is 9.94. The van der Waals surface area contributed by atoms with Crippen molar-refractivity contribution in [2.45, 2.75) is 49.6 Å². The van der Waals surface area contributed by atoms with Crippen LogP contribution in [0.5, 0.6) is 0 Å². The number of hydrogen-bond donors (Lipinski definition) is 1. The minimum Gasteiger partial charge on any atom is -0.339 e. The summed E-state index contributed by atoms with van der Waals surface area (Å²) in [6, 6.07) is 11.0. The summed E-state index contributed by atoms with van der Waals surface area (Å²) in [7, 11) is -2.20. The van der Waals surface area contributed by atoms with Crippen LogP contribution in [0.1, 0.15) is 48.0 Å². The zero-order valence-corrected chi connectivity index (χ0v) is 19.6. The van der Waals surface area contributed by atoms with Crippen LogP contribution in [0.25, 0.3) is 0 Å². The highest BCUT2D eigenvalue weighted by molar-refractivity contribution is 9.10. The number of hydrogen-bond acceptors (Lipinski definition) is 4. The molecule has 31 heavy (non-hydrogen) atoms. The first-order valence-electron chi connectivity index (χ1n) is 10.3. The maximum Gasteiger partial charge on any atom is 0.336 e. The normalized spacial score (nSPS) is 18.3. The van der Waals surface area contributed by atoms with Gasteiger partial charge in [-0.3, -0.25) is 4.79 Å². The molecule has 0 bridgehead atoms. The third kappa shape index (κ3) is 4.34. The SMILES string of the molecule is CN(C(=O)c1cccc(CN2C(=O)Nc3ccc(Br)cc3S2(=O)=O)c1)C1CCCCC1. The predicted molar refractivity (Wildman–Crippen MR) is 121 cm³/mol. The van der Waals surface area contributed by atoms with Crippen molar-refractivity contribution in [2.75, 3.05) is 12.4 Å². The number of amides is 3. The second-order valence-corrected chi connectivity index (χ2v) is 10.7. The van der Waals surface area contributed by atoms with Crippen LogP contribution in [0.3, 0.4) is 0 Å². The molecule has 2 aromatic rings. The second kappa shape index (κ2) is 8.63. The van der Waals surface area contributed by atoms with Crippen molar-refractivity contribution >= 4 is 43.6 Å². The Morgan fingerprint density at radius 3 is 2.65 bits per heavy atom. The van der Waals surface area contributed by atoms with Crippen LogP contribution in [0.4, 0.5) is 10.5 Å². The largest absolute Gasteiger partial charge is 0.339 e. The number of nitrogens with zero attached hydrogens (tertiary/aromatic N) is 2. The summed E-state index contributed by atoms with van der Waals surface area (Å²) in [5.74, 6) is -0.0889. The van der Waals surface area contributed by atoms with Crippen LogP contribution in [-0.4, -0.2) is 42.7 Å². The van der Waals surface area contributed by atoms with E-state index in [4.69, 9.17) is 0 Å². The van der Waals surface area contributed by atoms with Gasteiger partial charge in [-0.05, 0) is 48.7 Å². The Labute approximate surface area is 190 Å². The number of rotatable bonds is 4. The molecule has 1 fully saturated rings. The summed E-state index contributed by atoms with van der Waals surface area (Å²) >= 11 is 3.28. The number of urea groups is 1. The lowest BCUT2D eigenvalue weighted by molar-refractivity contribution is 0.0696. The molecular weight excluding hydrogens is 482 g/mol. The zero-order chi connectivity index (χ0) is 22.2. The van der Waals surface area contributed by atoms with Crippen molar-refractivity contribution in [1.29, 1.82) is 0 Å². The van der Waals surface area contributed by atoms with Gasteiger partial charge in [-0.25, -0.2) is 17.5 Å². The molecule has 7 nitrogen and oxygen atoms in total. The number of benzene rings is 2. The van der Waals surface area contributed by atoms with Crippen molar-refractivity contribution < 1.29 is 18.0 Å². The van der Waals surface area contributed by atoms with Crippen LogP contribution >= 0.6 is 15.9 Å². The highest BCUT2D eigenvalue weighted by Crippen LogP contribution is 2.33. The molecule has 0 aromatic heterocycles. The van der Waals surface area contributed by atoms with Gasteiger partial charge in [0, 0.05) is 23.1 Å². The molecule has 164 valence electrons. The molecular formula is C22H24BrN3O4S. The van der Waals surface area contributed by atoms with Crippen LogP contribution < -0.4 is 5.32 Å². The van der Waals surface area contributed by atoms with E-state index in [1.165, 1.54) is 12.5 Å². The molecule has 2 aromatic carbocycles. The highest BCUT2D eigenvalue weighted by Gasteiger charge is 2.37. The number of halogens is 1. The number of sulfonamides is 1. The summed E-state index contributed by atoms with van der Waals surface area (Å²) in [4.78, 5) is 27.4. The highest BCUT2D eigenvalue weighted by atomic mass is 79.9. The van der Waals surface area contributed by atoms with Crippen molar-refractivity contribution in [3.63, 3.8) is 0 Å². The summed E-state index contributed by atoms with van der Waals surface area (Å²) in [6.45, 7) is -0.158. The average molecular weight is 506 g/mol. The van der Waals surface area contributed by atoms with E-state index < -0.39 is 16.1 Å². The molecule has 2 aliphatic rings. The Balaban J connectivity index is 1.57. The van der Waals surface area contributed by atoms with Crippen LogP contribution in [-0.2, 0) is 16.6 Å². The Morgan fingerprint density at radius 1 is 1.16 bits per heavy atom. The molecule has 9 heteroatoms. The van der Waals surface area contributed by atoms with E-state index in [9.17, 15) is 18.0 Å². The topological polar surface area (TPSA) is 86.8 Å². The number of anilines is 1. The first kappa shape index (κ1) is 21.8. The van der Waals surface area contributed by atoms with Crippen molar-refractivity contribution in [1.82, 2.24) is 9.21 Å². The molecule has 3 amide bonds. The van der Waals surface area contributed by atoms with E-state index in [0.717, 1.165) is 30.0 Å². The van der Waals surface area contributed by atoms with Gasteiger partial charge in [0.2, 0.25) is 0 Å². The minimum absolute atomic E-state index is 0.0331. The van der Waals surface area contributed by atoms with Crippen molar-refractivity contribution in [2.24, 2.45) is 0 Å². The summed E-state index contributed by atoms with van der Waals surface area (Å²) in [5.41, 5.74) is 1.31. The Hall–Kier alpha value is -2.39. The number of fused-ring (bicyclic) bond motifs is 1. The van der Waals surface area contributed by atoms with Crippen LogP contribution in [0, 0.1) is 0 Å². The second-order valence-electron chi connectivity index (χ2n) is 7.99. The van der Waals surface area contributed by atoms with Gasteiger partial charge in [0.1, 0.15) is 4.90 Å². The third-order valence-electron chi connectivity index (χ3n) is 5.92. The summed E-state index contributed by atoms with van der Waals surface area (Å²) in [6.07, 6.45) is 5.47. The Bertz CT molecular complexity index is 1130. The van der Waals surface area contributed by atoms with Gasteiger partial charge >= 0.3 is 6.03 Å². The van der Waals surface area contributed by atoms with E-state index in [2.05, 4.69) is 21.2 Å². The van der Waals surface area contributed by atoms with E-state index in [1.807, 2.05) is 7.05 Å². The number of nitrogens with one attached hydrogen (secondary N) is 1. The first-order chi connectivity index (χ1) is 14.8. The minimum atomic E-state index is -4.02. The molecule has 1 N–H and O–H groups in total. The molecule has 0 atom stereocenters. The lowest BCUT2D eigenvalue weighted by Crippen LogP contribution is -2.43. The molecule has 0 saturated heterocycles. The zero-order valence-electron chi connectivity index (χ0n) is 17.2. The molecule has 4 rings (SSSR count). The van der Waals surface area contributed by atoms with E-state index in [1.54, 1.807) is 41.3 Å². The maximum atomic E-state index is 13.1. The van der Waals surface area contributed by atoms with Crippen molar-refractivity contribution in [3.05, 3.63) is 58.1 Å². The summed E-state index contributed by atoms with van der Waals surface area (Å²) in [5, 5.41) is 2.62. The maximum absolute atomic E-state index is 13.1. The third-order valence-corrected chi connectivity index (χ3v) is 8.18. The van der Waals surface area contributed by atoms with Gasteiger partial charge in [-0.1, -0.05) is 47.3 Å². The first-order valence-corrected chi connectivity index (χ1v) is 12.5. The van der Waals surface area contributed by atoms with Gasteiger partial charge in [0.15, 0.2) is 0 Å². The number of carbonyl (C=O) groups is 2. The van der Waals surface area contributed by atoms with Crippen LogP contribution in [0.2, 0.25) is 0 Å². The number of carbonyl (C=O) groups excluding carboxylic acids is 2. The molecule has 1 heterocycles. The lowest BCUT2D eigenvalue weighted by Gasteiger charge is -2.31. The van der Waals surface area contributed by atoms with Gasteiger partial charge in [-0.15, -0.1) is 0 Å². The monoisotopic (exact) mass is 505 g/mol. The van der Waals surface area contributed by atoms with Gasteiger partial charge in [0.25, 0.3) is 15.9 Å².